The lowest BCUT2D eigenvalue weighted by Crippen LogP contribution is -2.54. The van der Waals surface area contributed by atoms with Crippen LogP contribution in [-0.4, -0.2) is 56.6 Å². The molecule has 192 valence electrons. The molecule has 0 bridgehead atoms. The van der Waals surface area contributed by atoms with E-state index < -0.39 is 28.5 Å². The molecule has 0 saturated carbocycles. The van der Waals surface area contributed by atoms with Gasteiger partial charge in [-0.15, -0.1) is 0 Å². The van der Waals surface area contributed by atoms with Crippen molar-refractivity contribution in [1.29, 1.82) is 0 Å². The molecule has 0 aliphatic carbocycles. The number of carbonyl (C=O) groups excluding carboxylic acids is 2. The van der Waals surface area contributed by atoms with Crippen LogP contribution in [0.1, 0.15) is 44.7 Å². The Hall–Kier alpha value is -2.58. The maximum atomic E-state index is 13.6. The molecular formula is C26H36ClN3O4S. The van der Waals surface area contributed by atoms with E-state index in [9.17, 15) is 18.0 Å². The number of aryl methyl sites for hydroxylation is 1. The van der Waals surface area contributed by atoms with E-state index in [0.717, 1.165) is 28.1 Å². The van der Waals surface area contributed by atoms with Crippen LogP contribution in [0.25, 0.3) is 0 Å². The first-order valence-electron chi connectivity index (χ1n) is 11.9. The number of rotatable bonds is 12. The maximum Gasteiger partial charge on any atom is 0.244 e. The summed E-state index contributed by atoms with van der Waals surface area (Å²) >= 11 is 6.23. The maximum absolute atomic E-state index is 13.6. The minimum atomic E-state index is -3.79. The van der Waals surface area contributed by atoms with E-state index in [1.807, 2.05) is 58.0 Å². The van der Waals surface area contributed by atoms with Gasteiger partial charge in [0, 0.05) is 17.6 Å². The quantitative estimate of drug-likeness (QED) is 0.454. The van der Waals surface area contributed by atoms with Gasteiger partial charge in [0.05, 0.1) is 11.9 Å². The lowest BCUT2D eigenvalue weighted by atomic mass is 10.1. The minimum absolute atomic E-state index is 0.0372. The van der Waals surface area contributed by atoms with Gasteiger partial charge in [-0.25, -0.2) is 8.42 Å². The SMILES string of the molecule is CC[C@@H](C)NC(=O)[C@@H](CC)N(CCc1ccccc1)C(=O)CN(c1ccc(C)c(Cl)c1)S(C)(=O)=O. The fourth-order valence-electron chi connectivity index (χ4n) is 3.69. The number of carbonyl (C=O) groups is 2. The first-order chi connectivity index (χ1) is 16.5. The Kier molecular flexibility index (Phi) is 10.6. The van der Waals surface area contributed by atoms with Crippen LogP contribution in [0, 0.1) is 6.92 Å². The molecule has 2 rings (SSSR count). The molecule has 2 atom stereocenters. The minimum Gasteiger partial charge on any atom is -0.352 e. The second-order valence-electron chi connectivity index (χ2n) is 8.77. The van der Waals surface area contributed by atoms with E-state index in [2.05, 4.69) is 5.32 Å². The average molecular weight is 522 g/mol. The van der Waals surface area contributed by atoms with Gasteiger partial charge in [-0.2, -0.15) is 0 Å². The average Bonchev–Trinajstić information content (AvgIpc) is 2.81. The molecule has 0 aliphatic rings. The van der Waals surface area contributed by atoms with Gasteiger partial charge in [-0.3, -0.25) is 13.9 Å². The Morgan fingerprint density at radius 1 is 1.06 bits per heavy atom. The van der Waals surface area contributed by atoms with Crippen molar-refractivity contribution in [2.75, 3.05) is 23.7 Å². The third-order valence-corrected chi connectivity index (χ3v) is 7.54. The summed E-state index contributed by atoms with van der Waals surface area (Å²) in [6.45, 7) is 7.39. The number of sulfonamides is 1. The first-order valence-corrected chi connectivity index (χ1v) is 14.1. The molecule has 0 radical (unpaired) electrons. The largest absolute Gasteiger partial charge is 0.352 e. The van der Waals surface area contributed by atoms with Crippen molar-refractivity contribution in [2.24, 2.45) is 0 Å². The smallest absolute Gasteiger partial charge is 0.244 e. The molecule has 9 heteroatoms. The van der Waals surface area contributed by atoms with Crippen LogP contribution in [0.5, 0.6) is 0 Å². The van der Waals surface area contributed by atoms with Gasteiger partial charge in [0.15, 0.2) is 0 Å². The van der Waals surface area contributed by atoms with Crippen LogP contribution in [0.2, 0.25) is 5.02 Å². The van der Waals surface area contributed by atoms with Crippen molar-refractivity contribution >= 4 is 39.1 Å². The monoisotopic (exact) mass is 521 g/mol. The fraction of sp³-hybridized carbons (Fsp3) is 0.462. The van der Waals surface area contributed by atoms with Gasteiger partial charge in [0.2, 0.25) is 21.8 Å². The second-order valence-corrected chi connectivity index (χ2v) is 11.1. The highest BCUT2D eigenvalue weighted by molar-refractivity contribution is 7.92. The van der Waals surface area contributed by atoms with Crippen LogP contribution in [0.3, 0.4) is 0 Å². The molecule has 7 nitrogen and oxygen atoms in total. The Labute approximate surface area is 214 Å². The van der Waals surface area contributed by atoms with E-state index in [0.29, 0.717) is 23.6 Å². The zero-order valence-corrected chi connectivity index (χ0v) is 22.7. The van der Waals surface area contributed by atoms with E-state index in [-0.39, 0.29) is 18.5 Å². The Morgan fingerprint density at radius 2 is 1.71 bits per heavy atom. The highest BCUT2D eigenvalue weighted by Gasteiger charge is 2.31. The first kappa shape index (κ1) is 28.7. The van der Waals surface area contributed by atoms with Gasteiger partial charge in [0.1, 0.15) is 12.6 Å². The molecule has 2 amide bonds. The number of amides is 2. The zero-order valence-electron chi connectivity index (χ0n) is 21.1. The fourth-order valence-corrected chi connectivity index (χ4v) is 4.70. The predicted molar refractivity (Wildman–Crippen MR) is 142 cm³/mol. The number of nitrogens with zero attached hydrogens (tertiary/aromatic N) is 2. The van der Waals surface area contributed by atoms with Gasteiger partial charge < -0.3 is 10.2 Å². The molecule has 35 heavy (non-hydrogen) atoms. The molecule has 2 aromatic rings. The molecule has 2 aromatic carbocycles. The number of benzene rings is 2. The van der Waals surface area contributed by atoms with Crippen molar-refractivity contribution in [3.05, 3.63) is 64.7 Å². The molecule has 0 heterocycles. The van der Waals surface area contributed by atoms with E-state index in [4.69, 9.17) is 11.6 Å². The van der Waals surface area contributed by atoms with Crippen molar-refractivity contribution in [3.8, 4) is 0 Å². The molecule has 1 N–H and O–H groups in total. The Balaban J connectivity index is 2.38. The van der Waals surface area contributed by atoms with Crippen LogP contribution in [0.15, 0.2) is 48.5 Å². The predicted octanol–water partition coefficient (Wildman–Crippen LogP) is 4.18. The van der Waals surface area contributed by atoms with Crippen molar-refractivity contribution < 1.29 is 18.0 Å². The topological polar surface area (TPSA) is 86.8 Å². The molecular weight excluding hydrogens is 486 g/mol. The number of nitrogens with one attached hydrogen (secondary N) is 1. The van der Waals surface area contributed by atoms with Crippen LogP contribution >= 0.6 is 11.6 Å². The van der Waals surface area contributed by atoms with E-state index in [1.54, 1.807) is 12.1 Å². The van der Waals surface area contributed by atoms with Gasteiger partial charge in [0.25, 0.3) is 0 Å². The molecule has 0 spiro atoms. The summed E-state index contributed by atoms with van der Waals surface area (Å²) < 4.78 is 26.3. The van der Waals surface area contributed by atoms with E-state index in [1.165, 1.54) is 11.0 Å². The number of hydrogen-bond donors (Lipinski definition) is 1. The molecule has 0 unspecified atom stereocenters. The van der Waals surface area contributed by atoms with Crippen LogP contribution in [-0.2, 0) is 26.0 Å². The van der Waals surface area contributed by atoms with Crippen LogP contribution < -0.4 is 9.62 Å². The summed E-state index contributed by atoms with van der Waals surface area (Å²) in [6.07, 6.45) is 2.75. The molecule has 0 aliphatic heterocycles. The number of anilines is 1. The number of halogens is 1. The zero-order chi connectivity index (χ0) is 26.2. The van der Waals surface area contributed by atoms with Crippen LogP contribution in [0.4, 0.5) is 5.69 Å². The molecule has 0 aromatic heterocycles. The lowest BCUT2D eigenvalue weighted by Gasteiger charge is -2.33. The third kappa shape index (κ3) is 8.25. The highest BCUT2D eigenvalue weighted by atomic mass is 35.5. The second kappa shape index (κ2) is 12.9. The Bertz CT molecular complexity index is 1110. The van der Waals surface area contributed by atoms with Crippen molar-refractivity contribution in [2.45, 2.75) is 59.0 Å². The lowest BCUT2D eigenvalue weighted by molar-refractivity contribution is -0.139. The summed E-state index contributed by atoms with van der Waals surface area (Å²) in [4.78, 5) is 28.2. The highest BCUT2D eigenvalue weighted by Crippen LogP contribution is 2.25. The molecule has 0 saturated heterocycles. The third-order valence-electron chi connectivity index (χ3n) is 5.99. The molecule has 0 fully saturated rings. The summed E-state index contributed by atoms with van der Waals surface area (Å²) in [5.74, 6) is -0.693. The van der Waals surface area contributed by atoms with Crippen molar-refractivity contribution in [1.82, 2.24) is 10.2 Å². The summed E-state index contributed by atoms with van der Waals surface area (Å²) in [7, 11) is -3.79. The summed E-state index contributed by atoms with van der Waals surface area (Å²) in [5.41, 5.74) is 2.12. The van der Waals surface area contributed by atoms with Gasteiger partial charge >= 0.3 is 0 Å². The van der Waals surface area contributed by atoms with Gasteiger partial charge in [-0.1, -0.05) is 61.8 Å². The normalized spacial score (nSPS) is 13.1. The summed E-state index contributed by atoms with van der Waals surface area (Å²) in [5, 5.41) is 3.37. The van der Waals surface area contributed by atoms with Gasteiger partial charge in [-0.05, 0) is 56.4 Å². The summed E-state index contributed by atoms with van der Waals surface area (Å²) in [6, 6.07) is 13.8. The van der Waals surface area contributed by atoms with E-state index >= 15 is 0 Å². The Morgan fingerprint density at radius 3 is 2.26 bits per heavy atom. The number of hydrogen-bond acceptors (Lipinski definition) is 4. The van der Waals surface area contributed by atoms with Crippen molar-refractivity contribution in [3.63, 3.8) is 0 Å². The standard InChI is InChI=1S/C26H36ClN3O4S/c1-6-20(4)28-26(32)24(7-2)29(16-15-21-11-9-8-10-12-21)25(31)18-30(35(5,33)34)22-14-13-19(3)23(27)17-22/h8-14,17,20,24H,6-7,15-16,18H2,1-5H3,(H,28,32)/t20-,24-/m1/s1.